The number of nitrogens with zero attached hydrogens (tertiary/aromatic N) is 2. The fourth-order valence-corrected chi connectivity index (χ4v) is 1.17. The van der Waals surface area contributed by atoms with Crippen LogP contribution in [0.2, 0.25) is 0 Å². The van der Waals surface area contributed by atoms with E-state index in [1.165, 1.54) is 0 Å². The van der Waals surface area contributed by atoms with E-state index in [4.69, 9.17) is 10.4 Å². The summed E-state index contributed by atoms with van der Waals surface area (Å²) in [7, 11) is 1.97. The summed E-state index contributed by atoms with van der Waals surface area (Å²) in [4.78, 5) is 2.08. The lowest BCUT2D eigenvalue weighted by Crippen LogP contribution is -2.29. The first-order chi connectivity index (χ1) is 5.60. The first-order valence-electron chi connectivity index (χ1n) is 4.29. The lowest BCUT2D eigenvalue weighted by molar-refractivity contribution is 0.186. The number of nitriles is 1. The summed E-state index contributed by atoms with van der Waals surface area (Å²) in [5.41, 5.74) is 0. The topological polar surface area (TPSA) is 47.3 Å². The average Bonchev–Trinajstić information content (AvgIpc) is 2.03. The molecule has 0 saturated heterocycles. The van der Waals surface area contributed by atoms with Crippen molar-refractivity contribution in [2.45, 2.75) is 13.8 Å². The van der Waals surface area contributed by atoms with E-state index in [-0.39, 0.29) is 12.5 Å². The van der Waals surface area contributed by atoms with Gasteiger partial charge in [-0.1, -0.05) is 6.92 Å². The minimum Gasteiger partial charge on any atom is -0.396 e. The Balaban J connectivity index is 3.60. The minimum absolute atomic E-state index is 0.0703. The van der Waals surface area contributed by atoms with Crippen molar-refractivity contribution in [2.24, 2.45) is 11.8 Å². The zero-order valence-electron chi connectivity index (χ0n) is 8.12. The van der Waals surface area contributed by atoms with Crippen LogP contribution in [0.5, 0.6) is 0 Å². The summed E-state index contributed by atoms with van der Waals surface area (Å²) in [5.74, 6) is 0.363. The zero-order chi connectivity index (χ0) is 9.56. The van der Waals surface area contributed by atoms with E-state index in [0.717, 1.165) is 13.1 Å². The fraction of sp³-hybridized carbons (Fsp3) is 0.889. The Bertz CT molecular complexity index is 153. The van der Waals surface area contributed by atoms with E-state index in [9.17, 15) is 0 Å². The van der Waals surface area contributed by atoms with Crippen molar-refractivity contribution in [2.75, 3.05) is 26.7 Å². The second-order valence-corrected chi connectivity index (χ2v) is 3.54. The van der Waals surface area contributed by atoms with Gasteiger partial charge in [-0.25, -0.2) is 0 Å². The Hall–Kier alpha value is -0.590. The third-order valence-electron chi connectivity index (χ3n) is 1.74. The quantitative estimate of drug-likeness (QED) is 0.661. The molecule has 3 heteroatoms. The van der Waals surface area contributed by atoms with Crippen LogP contribution in [0.3, 0.4) is 0 Å². The second kappa shape index (κ2) is 5.99. The molecule has 0 aromatic rings. The molecule has 70 valence electrons. The second-order valence-electron chi connectivity index (χ2n) is 3.54. The van der Waals surface area contributed by atoms with Crippen LogP contribution in [0, 0.1) is 23.2 Å². The summed E-state index contributed by atoms with van der Waals surface area (Å²) >= 11 is 0. The van der Waals surface area contributed by atoms with Gasteiger partial charge in [0.1, 0.15) is 0 Å². The number of aliphatic hydroxyl groups is 1. The third kappa shape index (κ3) is 5.11. The predicted octanol–water partition coefficient (Wildman–Crippen LogP) is 0.706. The number of hydrogen-bond donors (Lipinski definition) is 1. The van der Waals surface area contributed by atoms with E-state index in [1.807, 2.05) is 20.9 Å². The van der Waals surface area contributed by atoms with Gasteiger partial charge in [-0.15, -0.1) is 0 Å². The summed E-state index contributed by atoms with van der Waals surface area (Å²) in [6, 6.07) is 2.18. The molecule has 0 rings (SSSR count). The average molecular weight is 170 g/mol. The van der Waals surface area contributed by atoms with Crippen LogP contribution in [0.25, 0.3) is 0 Å². The van der Waals surface area contributed by atoms with E-state index in [2.05, 4.69) is 11.0 Å². The molecule has 2 unspecified atom stereocenters. The summed E-state index contributed by atoms with van der Waals surface area (Å²) < 4.78 is 0. The van der Waals surface area contributed by atoms with Crippen LogP contribution < -0.4 is 0 Å². The van der Waals surface area contributed by atoms with E-state index >= 15 is 0 Å². The molecule has 0 aromatic carbocycles. The summed E-state index contributed by atoms with van der Waals surface area (Å²) in [6.07, 6.45) is 0. The SMILES string of the molecule is CC(C#N)CN(C)CC(C)CO. The van der Waals surface area contributed by atoms with Crippen LogP contribution in [-0.2, 0) is 0 Å². The Morgan fingerprint density at radius 2 is 2.00 bits per heavy atom. The van der Waals surface area contributed by atoms with Gasteiger partial charge in [0.05, 0.1) is 12.0 Å². The van der Waals surface area contributed by atoms with Gasteiger partial charge in [0, 0.05) is 19.7 Å². The number of rotatable bonds is 5. The fourth-order valence-electron chi connectivity index (χ4n) is 1.17. The maximum atomic E-state index is 8.78. The molecule has 0 aromatic heterocycles. The molecule has 0 bridgehead atoms. The van der Waals surface area contributed by atoms with Gasteiger partial charge in [-0.05, 0) is 19.9 Å². The Morgan fingerprint density at radius 1 is 1.42 bits per heavy atom. The van der Waals surface area contributed by atoms with Gasteiger partial charge in [0.25, 0.3) is 0 Å². The lowest BCUT2D eigenvalue weighted by Gasteiger charge is -2.20. The lowest BCUT2D eigenvalue weighted by atomic mass is 10.1. The van der Waals surface area contributed by atoms with Crippen molar-refractivity contribution in [1.82, 2.24) is 4.90 Å². The van der Waals surface area contributed by atoms with E-state index < -0.39 is 0 Å². The molecule has 0 spiro atoms. The Morgan fingerprint density at radius 3 is 2.42 bits per heavy atom. The maximum absolute atomic E-state index is 8.78. The number of hydrogen-bond acceptors (Lipinski definition) is 3. The normalized spacial score (nSPS) is 15.7. The van der Waals surface area contributed by atoms with Crippen molar-refractivity contribution in [3.63, 3.8) is 0 Å². The molecule has 0 fully saturated rings. The smallest absolute Gasteiger partial charge is 0.0666 e. The highest BCUT2D eigenvalue weighted by Crippen LogP contribution is 2.00. The molecule has 1 N–H and O–H groups in total. The molecule has 3 nitrogen and oxygen atoms in total. The molecular weight excluding hydrogens is 152 g/mol. The van der Waals surface area contributed by atoms with Gasteiger partial charge in [0.2, 0.25) is 0 Å². The molecule has 0 saturated carbocycles. The standard InChI is InChI=1S/C9H18N2O/c1-8(4-10)5-11(3)6-9(2)7-12/h8-9,12H,5-7H2,1-3H3. The van der Waals surface area contributed by atoms with Gasteiger partial charge in [-0.2, -0.15) is 5.26 Å². The molecule has 0 radical (unpaired) electrons. The Kier molecular flexibility index (Phi) is 5.69. The summed E-state index contributed by atoms with van der Waals surface area (Å²) in [5, 5.41) is 17.3. The molecule has 12 heavy (non-hydrogen) atoms. The van der Waals surface area contributed by atoms with Crippen LogP contribution >= 0.6 is 0 Å². The highest BCUT2D eigenvalue weighted by molar-refractivity contribution is 4.80. The zero-order valence-corrected chi connectivity index (χ0v) is 8.12. The first kappa shape index (κ1) is 11.4. The van der Waals surface area contributed by atoms with Gasteiger partial charge >= 0.3 is 0 Å². The molecule has 0 aliphatic carbocycles. The van der Waals surface area contributed by atoms with Gasteiger partial charge in [0.15, 0.2) is 0 Å². The van der Waals surface area contributed by atoms with Crippen molar-refractivity contribution in [1.29, 1.82) is 5.26 Å². The van der Waals surface area contributed by atoms with Gasteiger partial charge in [-0.3, -0.25) is 0 Å². The Labute approximate surface area is 74.6 Å². The largest absolute Gasteiger partial charge is 0.396 e. The monoisotopic (exact) mass is 170 g/mol. The van der Waals surface area contributed by atoms with Crippen molar-refractivity contribution < 1.29 is 5.11 Å². The predicted molar refractivity (Wildman–Crippen MR) is 48.5 cm³/mol. The molecule has 0 aliphatic heterocycles. The van der Waals surface area contributed by atoms with Crippen LogP contribution in [0.15, 0.2) is 0 Å². The van der Waals surface area contributed by atoms with E-state index in [1.54, 1.807) is 0 Å². The van der Waals surface area contributed by atoms with Crippen molar-refractivity contribution in [3.05, 3.63) is 0 Å². The highest BCUT2D eigenvalue weighted by atomic mass is 16.3. The van der Waals surface area contributed by atoms with E-state index in [0.29, 0.717) is 5.92 Å². The van der Waals surface area contributed by atoms with Crippen LogP contribution in [-0.4, -0.2) is 36.8 Å². The highest BCUT2D eigenvalue weighted by Gasteiger charge is 2.08. The summed E-state index contributed by atoms with van der Waals surface area (Å²) in [6.45, 7) is 5.74. The molecule has 0 heterocycles. The van der Waals surface area contributed by atoms with Crippen molar-refractivity contribution >= 4 is 0 Å². The third-order valence-corrected chi connectivity index (χ3v) is 1.74. The minimum atomic E-state index is 0.0703. The molecule has 0 aliphatic rings. The van der Waals surface area contributed by atoms with Gasteiger partial charge < -0.3 is 10.0 Å². The molecule has 2 atom stereocenters. The van der Waals surface area contributed by atoms with Crippen molar-refractivity contribution in [3.8, 4) is 6.07 Å². The van der Waals surface area contributed by atoms with Crippen LogP contribution in [0.1, 0.15) is 13.8 Å². The van der Waals surface area contributed by atoms with Crippen LogP contribution in [0.4, 0.5) is 0 Å². The molecular formula is C9H18N2O. The molecule has 0 amide bonds. The first-order valence-corrected chi connectivity index (χ1v) is 4.29. The maximum Gasteiger partial charge on any atom is 0.0666 e. The number of aliphatic hydroxyl groups excluding tert-OH is 1.